The average molecular weight is 209 g/mol. The highest BCUT2D eigenvalue weighted by atomic mass is 32.1. The minimum Gasteiger partial charge on any atom is -0.204 e. The van der Waals surface area contributed by atoms with Crippen molar-refractivity contribution in [2.45, 2.75) is 6.43 Å². The van der Waals surface area contributed by atoms with E-state index in [0.29, 0.717) is 5.39 Å². The Morgan fingerprint density at radius 1 is 1.29 bits per heavy atom. The van der Waals surface area contributed by atoms with Crippen LogP contribution in [-0.4, -0.2) is 0 Å². The van der Waals surface area contributed by atoms with Gasteiger partial charge in [-0.2, -0.15) is 5.26 Å². The summed E-state index contributed by atoms with van der Waals surface area (Å²) in [6, 6.07) is 8.78. The second-order valence-corrected chi connectivity index (χ2v) is 3.83. The van der Waals surface area contributed by atoms with Crippen LogP contribution >= 0.6 is 11.3 Å². The number of alkyl halides is 2. The SMILES string of the molecule is N#Cc1c(C(F)F)sc2ccccc12. The monoisotopic (exact) mass is 209 g/mol. The summed E-state index contributed by atoms with van der Waals surface area (Å²) in [6.07, 6.45) is -2.57. The van der Waals surface area contributed by atoms with Crippen LogP contribution in [0.15, 0.2) is 24.3 Å². The van der Waals surface area contributed by atoms with Gasteiger partial charge in [-0.15, -0.1) is 11.3 Å². The fourth-order valence-electron chi connectivity index (χ4n) is 1.33. The van der Waals surface area contributed by atoms with E-state index >= 15 is 0 Å². The number of nitrogens with zero attached hydrogens (tertiary/aromatic N) is 1. The Balaban J connectivity index is 2.81. The van der Waals surface area contributed by atoms with Gasteiger partial charge >= 0.3 is 0 Å². The number of rotatable bonds is 1. The summed E-state index contributed by atoms with van der Waals surface area (Å²) in [5.41, 5.74) is 0.112. The summed E-state index contributed by atoms with van der Waals surface area (Å²) < 4.78 is 25.8. The summed E-state index contributed by atoms with van der Waals surface area (Å²) in [5, 5.41) is 9.40. The van der Waals surface area contributed by atoms with Gasteiger partial charge in [0.15, 0.2) is 0 Å². The Morgan fingerprint density at radius 2 is 2.00 bits per heavy atom. The van der Waals surface area contributed by atoms with Crippen LogP contribution in [0.5, 0.6) is 0 Å². The maximum absolute atomic E-state index is 12.5. The van der Waals surface area contributed by atoms with Crippen molar-refractivity contribution in [2.75, 3.05) is 0 Å². The molecule has 2 aromatic rings. The molecule has 0 radical (unpaired) electrons. The maximum atomic E-state index is 12.5. The van der Waals surface area contributed by atoms with Crippen LogP contribution in [0.2, 0.25) is 0 Å². The standard InChI is InChI=1S/C10H5F2NS/c11-10(12)9-7(5-13)6-3-1-2-4-8(6)14-9/h1-4,10H. The predicted molar refractivity (Wildman–Crippen MR) is 51.5 cm³/mol. The van der Waals surface area contributed by atoms with Crippen molar-refractivity contribution in [2.24, 2.45) is 0 Å². The van der Waals surface area contributed by atoms with Crippen molar-refractivity contribution in [1.29, 1.82) is 5.26 Å². The molecule has 0 unspecified atom stereocenters. The van der Waals surface area contributed by atoms with Crippen LogP contribution in [0.4, 0.5) is 8.78 Å². The molecule has 0 atom stereocenters. The number of nitriles is 1. The highest BCUT2D eigenvalue weighted by molar-refractivity contribution is 7.19. The number of benzene rings is 1. The minimum atomic E-state index is -2.57. The van der Waals surface area contributed by atoms with E-state index in [0.717, 1.165) is 16.0 Å². The summed E-state index contributed by atoms with van der Waals surface area (Å²) in [5.74, 6) is 0. The molecule has 0 aliphatic heterocycles. The number of hydrogen-bond donors (Lipinski definition) is 0. The lowest BCUT2D eigenvalue weighted by Gasteiger charge is -1.92. The van der Waals surface area contributed by atoms with Crippen molar-refractivity contribution in [1.82, 2.24) is 0 Å². The normalized spacial score (nSPS) is 10.7. The van der Waals surface area contributed by atoms with Crippen molar-refractivity contribution in [3.63, 3.8) is 0 Å². The van der Waals surface area contributed by atoms with E-state index in [4.69, 9.17) is 5.26 Å². The molecule has 0 aliphatic rings. The van der Waals surface area contributed by atoms with Gasteiger partial charge in [-0.05, 0) is 6.07 Å². The molecule has 0 spiro atoms. The van der Waals surface area contributed by atoms with Gasteiger partial charge in [0, 0.05) is 10.1 Å². The molecule has 0 bridgehead atoms. The molecule has 2 rings (SSSR count). The van der Waals surface area contributed by atoms with Gasteiger partial charge in [-0.1, -0.05) is 18.2 Å². The zero-order valence-corrected chi connectivity index (χ0v) is 7.81. The first-order valence-corrected chi connectivity index (χ1v) is 4.75. The lowest BCUT2D eigenvalue weighted by Crippen LogP contribution is -1.81. The molecule has 14 heavy (non-hydrogen) atoms. The van der Waals surface area contributed by atoms with Gasteiger partial charge in [-0.3, -0.25) is 0 Å². The first-order valence-electron chi connectivity index (χ1n) is 3.93. The molecule has 1 nitrogen and oxygen atoms in total. The second-order valence-electron chi connectivity index (χ2n) is 2.75. The molecule has 0 aliphatic carbocycles. The van der Waals surface area contributed by atoms with Crippen LogP contribution < -0.4 is 0 Å². The van der Waals surface area contributed by atoms with Crippen molar-refractivity contribution < 1.29 is 8.78 Å². The van der Waals surface area contributed by atoms with Crippen molar-refractivity contribution in [3.05, 3.63) is 34.7 Å². The Bertz CT molecular complexity index is 510. The molecule has 4 heteroatoms. The number of hydrogen-bond acceptors (Lipinski definition) is 2. The molecule has 1 aromatic heterocycles. The van der Waals surface area contributed by atoms with Gasteiger partial charge in [0.05, 0.1) is 10.4 Å². The van der Waals surface area contributed by atoms with E-state index in [2.05, 4.69) is 0 Å². The fraction of sp³-hybridized carbons (Fsp3) is 0.100. The summed E-state index contributed by atoms with van der Waals surface area (Å²) in [6.45, 7) is 0. The number of halogens is 2. The second kappa shape index (κ2) is 3.35. The summed E-state index contributed by atoms with van der Waals surface area (Å²) in [4.78, 5) is -0.131. The first-order chi connectivity index (χ1) is 6.74. The van der Waals surface area contributed by atoms with Crippen LogP contribution in [0.25, 0.3) is 10.1 Å². The molecule has 0 fully saturated rings. The van der Waals surface area contributed by atoms with Gasteiger partial charge in [-0.25, -0.2) is 8.78 Å². The Kier molecular flexibility index (Phi) is 2.18. The van der Waals surface area contributed by atoms with Gasteiger partial charge < -0.3 is 0 Å². The van der Waals surface area contributed by atoms with Crippen LogP contribution in [0.1, 0.15) is 16.9 Å². The van der Waals surface area contributed by atoms with Crippen molar-refractivity contribution in [3.8, 4) is 6.07 Å². The Morgan fingerprint density at radius 3 is 2.64 bits per heavy atom. The molecule has 0 N–H and O–H groups in total. The molecule has 0 saturated carbocycles. The van der Waals surface area contributed by atoms with Gasteiger partial charge in [0.2, 0.25) is 0 Å². The quantitative estimate of drug-likeness (QED) is 0.702. The topological polar surface area (TPSA) is 23.8 Å². The zero-order valence-electron chi connectivity index (χ0n) is 7.00. The lowest BCUT2D eigenvalue weighted by atomic mass is 10.1. The largest absolute Gasteiger partial charge is 0.274 e. The van der Waals surface area contributed by atoms with E-state index in [1.54, 1.807) is 24.3 Å². The maximum Gasteiger partial charge on any atom is 0.274 e. The minimum absolute atomic E-state index is 0.112. The highest BCUT2D eigenvalue weighted by Gasteiger charge is 2.18. The molecule has 1 heterocycles. The number of thiophene rings is 1. The van der Waals surface area contributed by atoms with Gasteiger partial charge in [0.25, 0.3) is 6.43 Å². The Hall–Kier alpha value is -1.47. The smallest absolute Gasteiger partial charge is 0.204 e. The lowest BCUT2D eigenvalue weighted by molar-refractivity contribution is 0.155. The molecular weight excluding hydrogens is 204 g/mol. The van der Waals surface area contributed by atoms with E-state index in [9.17, 15) is 8.78 Å². The molecule has 70 valence electrons. The molecule has 1 aromatic carbocycles. The summed E-state index contributed by atoms with van der Waals surface area (Å²) >= 11 is 0.984. The zero-order chi connectivity index (χ0) is 10.1. The third-order valence-electron chi connectivity index (χ3n) is 1.93. The van der Waals surface area contributed by atoms with E-state index in [-0.39, 0.29) is 10.4 Å². The average Bonchev–Trinajstić information content (AvgIpc) is 2.56. The Labute approximate surface area is 83.2 Å². The highest BCUT2D eigenvalue weighted by Crippen LogP contribution is 2.36. The van der Waals surface area contributed by atoms with E-state index in [1.807, 2.05) is 6.07 Å². The van der Waals surface area contributed by atoms with Crippen LogP contribution in [0.3, 0.4) is 0 Å². The molecular formula is C10H5F2NS. The third kappa shape index (κ3) is 1.26. The summed E-state index contributed by atoms with van der Waals surface area (Å²) in [7, 11) is 0. The van der Waals surface area contributed by atoms with E-state index < -0.39 is 6.43 Å². The van der Waals surface area contributed by atoms with Crippen LogP contribution in [-0.2, 0) is 0 Å². The van der Waals surface area contributed by atoms with E-state index in [1.165, 1.54) is 0 Å². The van der Waals surface area contributed by atoms with Gasteiger partial charge in [0.1, 0.15) is 6.07 Å². The van der Waals surface area contributed by atoms with Crippen molar-refractivity contribution >= 4 is 21.4 Å². The number of fused-ring (bicyclic) bond motifs is 1. The fourth-order valence-corrected chi connectivity index (χ4v) is 2.34. The van der Waals surface area contributed by atoms with Crippen LogP contribution in [0, 0.1) is 11.3 Å². The molecule has 0 amide bonds. The third-order valence-corrected chi connectivity index (χ3v) is 3.11. The first kappa shape index (κ1) is 9.10. The molecule has 0 saturated heterocycles. The predicted octanol–water partition coefficient (Wildman–Crippen LogP) is 3.71.